The molecule has 134 valence electrons. The topological polar surface area (TPSA) is 85.2 Å². The zero-order valence-corrected chi connectivity index (χ0v) is 14.8. The number of piperidine rings is 1. The van der Waals surface area contributed by atoms with E-state index < -0.39 is 5.54 Å². The molecular formula is C18H26N6O. The molecule has 1 aliphatic carbocycles. The molecule has 25 heavy (non-hydrogen) atoms. The largest absolute Gasteiger partial charge is 0.354 e. The van der Waals surface area contributed by atoms with Gasteiger partial charge in [-0.25, -0.2) is 0 Å². The highest BCUT2D eigenvalue weighted by atomic mass is 16.2. The van der Waals surface area contributed by atoms with E-state index in [0.717, 1.165) is 57.4 Å². The van der Waals surface area contributed by atoms with Crippen molar-refractivity contribution < 1.29 is 4.79 Å². The maximum Gasteiger partial charge on any atom is 0.235 e. The first-order valence-electron chi connectivity index (χ1n) is 9.07. The fourth-order valence-electron chi connectivity index (χ4n) is 3.89. The highest BCUT2D eigenvalue weighted by Gasteiger charge is 2.36. The van der Waals surface area contributed by atoms with Crippen LogP contribution >= 0.6 is 0 Å². The van der Waals surface area contributed by atoms with Crippen LogP contribution in [0.1, 0.15) is 38.5 Å². The van der Waals surface area contributed by atoms with Gasteiger partial charge in [-0.3, -0.25) is 9.69 Å². The molecule has 2 heterocycles. The smallest absolute Gasteiger partial charge is 0.235 e. The summed E-state index contributed by atoms with van der Waals surface area (Å²) in [6.45, 7) is 2.13. The van der Waals surface area contributed by atoms with Gasteiger partial charge in [-0.15, -0.1) is 5.10 Å². The molecule has 3 rings (SSSR count). The molecule has 1 aromatic heterocycles. The predicted octanol–water partition coefficient (Wildman–Crippen LogP) is 1.33. The monoisotopic (exact) mass is 342 g/mol. The van der Waals surface area contributed by atoms with Gasteiger partial charge in [0.2, 0.25) is 5.91 Å². The van der Waals surface area contributed by atoms with E-state index in [1.165, 1.54) is 0 Å². The summed E-state index contributed by atoms with van der Waals surface area (Å²) >= 11 is 0. The molecule has 1 atom stereocenters. The number of carbonyl (C=O) groups excluding carboxylic acids is 1. The lowest BCUT2D eigenvalue weighted by molar-refractivity contribution is -0.123. The summed E-state index contributed by atoms with van der Waals surface area (Å²) in [5.74, 6) is 0.835. The highest BCUT2D eigenvalue weighted by Crippen LogP contribution is 2.28. The molecule has 1 N–H and O–H groups in total. The molecule has 7 nitrogen and oxygen atoms in total. The standard InChI is InChI=1S/C18H26N6O/c1-23(13-17(25)21-18(14-19)8-2-3-9-18)15-6-5-11-24(12-15)16-7-4-10-20-22-16/h4,7,10,15H,2-3,5-6,8-9,11-13H2,1H3,(H,21,25)/t15-/m1/s1. The Labute approximate surface area is 149 Å². The first-order valence-corrected chi connectivity index (χ1v) is 9.07. The Kier molecular flexibility index (Phi) is 5.49. The van der Waals surface area contributed by atoms with Crippen molar-refractivity contribution in [1.82, 2.24) is 20.4 Å². The van der Waals surface area contributed by atoms with Crippen molar-refractivity contribution in [2.45, 2.75) is 50.1 Å². The van der Waals surface area contributed by atoms with E-state index in [4.69, 9.17) is 0 Å². The number of anilines is 1. The summed E-state index contributed by atoms with van der Waals surface area (Å²) in [6.07, 6.45) is 7.36. The van der Waals surface area contributed by atoms with Crippen LogP contribution in [0.25, 0.3) is 0 Å². The molecular weight excluding hydrogens is 316 g/mol. The minimum absolute atomic E-state index is 0.0532. The van der Waals surface area contributed by atoms with Crippen molar-refractivity contribution in [3.05, 3.63) is 18.3 Å². The van der Waals surface area contributed by atoms with E-state index in [9.17, 15) is 10.1 Å². The van der Waals surface area contributed by atoms with Crippen molar-refractivity contribution in [3.63, 3.8) is 0 Å². The number of hydrogen-bond donors (Lipinski definition) is 1. The Morgan fingerprint density at radius 3 is 2.96 bits per heavy atom. The molecule has 1 aliphatic heterocycles. The number of hydrogen-bond acceptors (Lipinski definition) is 6. The molecule has 7 heteroatoms. The Morgan fingerprint density at radius 1 is 1.48 bits per heavy atom. The predicted molar refractivity (Wildman–Crippen MR) is 94.9 cm³/mol. The van der Waals surface area contributed by atoms with Gasteiger partial charge in [-0.05, 0) is 57.7 Å². The summed E-state index contributed by atoms with van der Waals surface area (Å²) in [5.41, 5.74) is -0.643. The first kappa shape index (κ1) is 17.6. The number of amides is 1. The maximum atomic E-state index is 12.4. The van der Waals surface area contributed by atoms with Gasteiger partial charge in [0.1, 0.15) is 5.54 Å². The van der Waals surface area contributed by atoms with Gasteiger partial charge >= 0.3 is 0 Å². The van der Waals surface area contributed by atoms with Gasteiger partial charge in [-0.1, -0.05) is 0 Å². The van der Waals surface area contributed by atoms with Gasteiger partial charge in [-0.2, -0.15) is 10.4 Å². The van der Waals surface area contributed by atoms with Crippen LogP contribution in [0.15, 0.2) is 18.3 Å². The molecule has 2 fully saturated rings. The first-order chi connectivity index (χ1) is 12.1. The van der Waals surface area contributed by atoms with Crippen molar-refractivity contribution in [2.75, 3.05) is 31.6 Å². The van der Waals surface area contributed by atoms with Crippen LogP contribution in [0, 0.1) is 11.3 Å². The minimum Gasteiger partial charge on any atom is -0.354 e. The number of nitrogens with zero attached hydrogens (tertiary/aromatic N) is 5. The average Bonchev–Trinajstić information content (AvgIpc) is 3.11. The fourth-order valence-corrected chi connectivity index (χ4v) is 3.89. The van der Waals surface area contributed by atoms with Crippen LogP contribution in [0.5, 0.6) is 0 Å². The van der Waals surface area contributed by atoms with Gasteiger partial charge in [0.05, 0.1) is 12.6 Å². The van der Waals surface area contributed by atoms with E-state index in [1.54, 1.807) is 6.20 Å². The minimum atomic E-state index is -0.643. The number of rotatable bonds is 5. The Morgan fingerprint density at radius 2 is 2.28 bits per heavy atom. The Hall–Kier alpha value is -2.20. The highest BCUT2D eigenvalue weighted by molar-refractivity contribution is 5.79. The second kappa shape index (κ2) is 7.79. The number of carbonyl (C=O) groups is 1. The van der Waals surface area contributed by atoms with Crippen molar-refractivity contribution in [1.29, 1.82) is 5.26 Å². The third-order valence-corrected chi connectivity index (χ3v) is 5.34. The molecule has 0 unspecified atom stereocenters. The third kappa shape index (κ3) is 4.26. The van der Waals surface area contributed by atoms with Gasteiger partial charge in [0.15, 0.2) is 5.82 Å². The Bertz CT molecular complexity index is 622. The second-order valence-corrected chi connectivity index (χ2v) is 7.19. The van der Waals surface area contributed by atoms with Gasteiger partial charge < -0.3 is 10.2 Å². The molecule has 1 saturated heterocycles. The van der Waals surface area contributed by atoms with E-state index in [1.807, 2.05) is 19.2 Å². The normalized spacial score (nSPS) is 22.6. The SMILES string of the molecule is CN(CC(=O)NC1(C#N)CCCC1)[C@@H]1CCCN(c2cccnn2)C1. The summed E-state index contributed by atoms with van der Waals surface area (Å²) in [6, 6.07) is 6.48. The molecule has 1 saturated carbocycles. The van der Waals surface area contributed by atoms with Crippen LogP contribution in [0.2, 0.25) is 0 Å². The van der Waals surface area contributed by atoms with Crippen LogP contribution in [0.3, 0.4) is 0 Å². The lowest BCUT2D eigenvalue weighted by Gasteiger charge is -2.38. The molecule has 1 aromatic rings. The zero-order valence-electron chi connectivity index (χ0n) is 14.8. The summed E-state index contributed by atoms with van der Waals surface area (Å²) in [4.78, 5) is 16.7. The van der Waals surface area contributed by atoms with Crippen LogP contribution < -0.4 is 10.2 Å². The second-order valence-electron chi connectivity index (χ2n) is 7.19. The number of aromatic nitrogens is 2. The van der Waals surface area contributed by atoms with Crippen molar-refractivity contribution in [3.8, 4) is 6.07 Å². The quantitative estimate of drug-likeness (QED) is 0.869. The lowest BCUT2D eigenvalue weighted by atomic mass is 10.00. The molecule has 0 bridgehead atoms. The lowest BCUT2D eigenvalue weighted by Crippen LogP contribution is -2.52. The van der Waals surface area contributed by atoms with Crippen LogP contribution in [0.4, 0.5) is 5.82 Å². The van der Waals surface area contributed by atoms with Crippen molar-refractivity contribution in [2.24, 2.45) is 0 Å². The molecule has 0 radical (unpaired) electrons. The maximum absolute atomic E-state index is 12.4. The number of nitrogens with one attached hydrogen (secondary N) is 1. The van der Waals surface area contributed by atoms with Gasteiger partial charge in [0, 0.05) is 25.3 Å². The molecule has 0 aromatic carbocycles. The summed E-state index contributed by atoms with van der Waals surface area (Å²) < 4.78 is 0. The van der Waals surface area contributed by atoms with Crippen LogP contribution in [-0.2, 0) is 4.79 Å². The fraction of sp³-hybridized carbons (Fsp3) is 0.667. The van der Waals surface area contributed by atoms with Gasteiger partial charge in [0.25, 0.3) is 0 Å². The summed E-state index contributed by atoms with van der Waals surface area (Å²) in [7, 11) is 1.98. The molecule has 2 aliphatic rings. The number of nitriles is 1. The van der Waals surface area contributed by atoms with Crippen molar-refractivity contribution >= 4 is 11.7 Å². The average molecular weight is 342 g/mol. The molecule has 1 amide bonds. The Balaban J connectivity index is 1.54. The van der Waals surface area contributed by atoms with Crippen LogP contribution in [-0.4, -0.2) is 59.3 Å². The van der Waals surface area contributed by atoms with E-state index in [2.05, 4.69) is 31.4 Å². The number of likely N-dealkylation sites (N-methyl/N-ethyl adjacent to an activating group) is 1. The van der Waals surface area contributed by atoms with E-state index >= 15 is 0 Å². The van der Waals surface area contributed by atoms with E-state index in [-0.39, 0.29) is 5.91 Å². The summed E-state index contributed by atoms with van der Waals surface area (Å²) in [5, 5.41) is 20.5. The zero-order chi connectivity index (χ0) is 17.7. The molecule has 0 spiro atoms. The van der Waals surface area contributed by atoms with E-state index in [0.29, 0.717) is 12.6 Å². The third-order valence-electron chi connectivity index (χ3n) is 5.34.